The average Bonchev–Trinajstić information content (AvgIpc) is 1.98. The largest absolute Gasteiger partial charge is 0.0622 e. The molecule has 0 aromatic carbocycles. The first-order valence-electron chi connectivity index (χ1n) is 4.13. The van der Waals surface area contributed by atoms with Gasteiger partial charge in [0.1, 0.15) is 0 Å². The maximum atomic E-state index is 2.39. The minimum Gasteiger partial charge on any atom is -0.0622 e. The minimum absolute atomic E-state index is 0.958. The lowest BCUT2D eigenvalue weighted by atomic mass is 9.92. The lowest BCUT2D eigenvalue weighted by molar-refractivity contribution is 0.352. The second kappa shape index (κ2) is 2.32. The summed E-state index contributed by atoms with van der Waals surface area (Å²) in [6.45, 7) is 9.53. The van der Waals surface area contributed by atoms with Crippen molar-refractivity contribution in [3.05, 3.63) is 0 Å². The van der Waals surface area contributed by atoms with E-state index in [4.69, 9.17) is 0 Å². The lowest BCUT2D eigenvalue weighted by Crippen LogP contribution is -2.07. The van der Waals surface area contributed by atoms with E-state index in [1.807, 2.05) is 0 Å². The second-order valence-electron chi connectivity index (χ2n) is 3.91. The maximum absolute atomic E-state index is 2.39. The van der Waals surface area contributed by atoms with Gasteiger partial charge in [0.2, 0.25) is 0 Å². The molecule has 0 radical (unpaired) electrons. The average molecular weight is 126 g/mol. The zero-order chi connectivity index (χ0) is 7.02. The second-order valence-corrected chi connectivity index (χ2v) is 3.91. The van der Waals surface area contributed by atoms with Gasteiger partial charge in [0.05, 0.1) is 0 Å². The van der Waals surface area contributed by atoms with E-state index in [9.17, 15) is 0 Å². The summed E-state index contributed by atoms with van der Waals surface area (Å²) >= 11 is 0. The van der Waals surface area contributed by atoms with Crippen LogP contribution in [0.15, 0.2) is 0 Å². The van der Waals surface area contributed by atoms with Gasteiger partial charge < -0.3 is 0 Å². The Kier molecular flexibility index (Phi) is 1.83. The van der Waals surface area contributed by atoms with Crippen molar-refractivity contribution in [1.29, 1.82) is 0 Å². The molecule has 1 aliphatic carbocycles. The van der Waals surface area contributed by atoms with Crippen molar-refractivity contribution in [3.8, 4) is 0 Å². The fourth-order valence-corrected chi connectivity index (χ4v) is 2.05. The van der Waals surface area contributed by atoms with Crippen LogP contribution in [0, 0.1) is 23.7 Å². The van der Waals surface area contributed by atoms with Crippen molar-refractivity contribution >= 4 is 0 Å². The Morgan fingerprint density at radius 1 is 0.778 bits per heavy atom. The maximum Gasteiger partial charge on any atom is -0.0389 e. The van der Waals surface area contributed by atoms with E-state index >= 15 is 0 Å². The van der Waals surface area contributed by atoms with Crippen LogP contribution in [0.1, 0.15) is 34.1 Å². The SMILES string of the molecule is CC1CC(C)[C@H](C)[C@@H]1C. The molecule has 0 N–H and O–H groups in total. The number of hydrogen-bond donors (Lipinski definition) is 0. The van der Waals surface area contributed by atoms with Crippen molar-refractivity contribution in [2.45, 2.75) is 34.1 Å². The first-order valence-corrected chi connectivity index (χ1v) is 4.13. The van der Waals surface area contributed by atoms with Crippen LogP contribution in [0.4, 0.5) is 0 Å². The minimum atomic E-state index is 0.958. The van der Waals surface area contributed by atoms with E-state index in [-0.39, 0.29) is 0 Å². The molecule has 1 rings (SSSR count). The van der Waals surface area contributed by atoms with Gasteiger partial charge in [-0.3, -0.25) is 0 Å². The zero-order valence-electron chi connectivity index (χ0n) is 7.02. The van der Waals surface area contributed by atoms with Crippen LogP contribution >= 0.6 is 0 Å². The van der Waals surface area contributed by atoms with E-state index < -0.39 is 0 Å². The monoisotopic (exact) mass is 126 g/mol. The van der Waals surface area contributed by atoms with Gasteiger partial charge in [-0.25, -0.2) is 0 Å². The molecular formula is C9H18. The molecule has 0 saturated heterocycles. The molecule has 2 unspecified atom stereocenters. The molecule has 0 heterocycles. The Hall–Kier alpha value is 0. The molecule has 0 aliphatic heterocycles. The van der Waals surface area contributed by atoms with E-state index in [2.05, 4.69) is 27.7 Å². The first kappa shape index (κ1) is 7.11. The molecule has 0 bridgehead atoms. The lowest BCUT2D eigenvalue weighted by Gasteiger charge is -2.14. The molecule has 0 aromatic rings. The van der Waals surface area contributed by atoms with Gasteiger partial charge in [-0.15, -0.1) is 0 Å². The van der Waals surface area contributed by atoms with Gasteiger partial charge in [-0.05, 0) is 30.1 Å². The Labute approximate surface area is 58.7 Å². The van der Waals surface area contributed by atoms with Gasteiger partial charge in [-0.1, -0.05) is 27.7 Å². The van der Waals surface area contributed by atoms with Crippen LogP contribution in [-0.4, -0.2) is 0 Å². The summed E-state index contributed by atoms with van der Waals surface area (Å²) in [6.07, 6.45) is 1.45. The summed E-state index contributed by atoms with van der Waals surface area (Å²) in [5, 5.41) is 0. The van der Waals surface area contributed by atoms with E-state index in [1.165, 1.54) is 6.42 Å². The standard InChI is InChI=1S/C9H18/c1-6-5-7(2)9(4)8(6)3/h6-9H,5H2,1-4H3/t6?,7?,8-,9+. The van der Waals surface area contributed by atoms with Gasteiger partial charge in [-0.2, -0.15) is 0 Å². The normalized spacial score (nSPS) is 52.0. The third-order valence-electron chi connectivity index (χ3n) is 3.37. The Bertz CT molecular complexity index is 84.2. The summed E-state index contributed by atoms with van der Waals surface area (Å²) in [6, 6.07) is 0. The number of hydrogen-bond acceptors (Lipinski definition) is 0. The van der Waals surface area contributed by atoms with Gasteiger partial charge in [0.15, 0.2) is 0 Å². The summed E-state index contributed by atoms with van der Waals surface area (Å²) in [5.74, 6) is 3.85. The molecule has 0 aromatic heterocycles. The predicted octanol–water partition coefficient (Wildman–Crippen LogP) is 2.93. The highest BCUT2D eigenvalue weighted by Crippen LogP contribution is 2.40. The van der Waals surface area contributed by atoms with E-state index in [1.54, 1.807) is 0 Å². The molecule has 1 fully saturated rings. The third kappa shape index (κ3) is 1.12. The molecule has 1 aliphatic rings. The van der Waals surface area contributed by atoms with E-state index in [0.717, 1.165) is 23.7 Å². The van der Waals surface area contributed by atoms with Crippen molar-refractivity contribution in [3.63, 3.8) is 0 Å². The third-order valence-corrected chi connectivity index (χ3v) is 3.37. The first-order chi connectivity index (χ1) is 4.13. The van der Waals surface area contributed by atoms with Gasteiger partial charge in [0.25, 0.3) is 0 Å². The molecule has 9 heavy (non-hydrogen) atoms. The molecule has 0 spiro atoms. The molecule has 54 valence electrons. The predicted molar refractivity (Wildman–Crippen MR) is 41.3 cm³/mol. The van der Waals surface area contributed by atoms with Crippen molar-refractivity contribution < 1.29 is 0 Å². The van der Waals surface area contributed by atoms with Crippen LogP contribution in [-0.2, 0) is 0 Å². The fourth-order valence-electron chi connectivity index (χ4n) is 2.05. The van der Waals surface area contributed by atoms with Crippen molar-refractivity contribution in [2.75, 3.05) is 0 Å². The highest BCUT2D eigenvalue weighted by molar-refractivity contribution is 4.81. The van der Waals surface area contributed by atoms with Gasteiger partial charge >= 0.3 is 0 Å². The zero-order valence-corrected chi connectivity index (χ0v) is 7.02. The van der Waals surface area contributed by atoms with Crippen LogP contribution in [0.2, 0.25) is 0 Å². The van der Waals surface area contributed by atoms with Gasteiger partial charge in [0, 0.05) is 0 Å². The molecule has 0 nitrogen and oxygen atoms in total. The highest BCUT2D eigenvalue weighted by Gasteiger charge is 2.31. The van der Waals surface area contributed by atoms with Crippen molar-refractivity contribution in [1.82, 2.24) is 0 Å². The molecule has 0 heteroatoms. The van der Waals surface area contributed by atoms with Crippen molar-refractivity contribution in [2.24, 2.45) is 23.7 Å². The Morgan fingerprint density at radius 2 is 1.11 bits per heavy atom. The van der Waals surface area contributed by atoms with Crippen LogP contribution < -0.4 is 0 Å². The summed E-state index contributed by atoms with van der Waals surface area (Å²) in [7, 11) is 0. The van der Waals surface area contributed by atoms with Crippen LogP contribution in [0.3, 0.4) is 0 Å². The Morgan fingerprint density at radius 3 is 1.22 bits per heavy atom. The summed E-state index contributed by atoms with van der Waals surface area (Å²) in [5.41, 5.74) is 0. The summed E-state index contributed by atoms with van der Waals surface area (Å²) < 4.78 is 0. The van der Waals surface area contributed by atoms with E-state index in [0.29, 0.717) is 0 Å². The number of rotatable bonds is 0. The molecule has 4 atom stereocenters. The molecule has 1 saturated carbocycles. The van der Waals surface area contributed by atoms with Crippen LogP contribution in [0.5, 0.6) is 0 Å². The summed E-state index contributed by atoms with van der Waals surface area (Å²) in [4.78, 5) is 0. The highest BCUT2D eigenvalue weighted by atomic mass is 14.4. The smallest absolute Gasteiger partial charge is 0.0389 e. The topological polar surface area (TPSA) is 0 Å². The molecular weight excluding hydrogens is 108 g/mol. The quantitative estimate of drug-likeness (QED) is 0.468. The van der Waals surface area contributed by atoms with Crippen LogP contribution in [0.25, 0.3) is 0 Å². The Balaban J connectivity index is 2.54. The fraction of sp³-hybridized carbons (Fsp3) is 1.00. The molecule has 0 amide bonds.